The number of carbonyl (C=O) groups is 1. The number of likely N-dealkylation sites (tertiary alicyclic amines) is 1. The quantitative estimate of drug-likeness (QED) is 0.778. The number of aromatic nitrogens is 5. The number of imidazole rings is 1. The molecular weight excluding hydrogens is 332 g/mol. The summed E-state index contributed by atoms with van der Waals surface area (Å²) in [6, 6.07) is 1.87. The Morgan fingerprint density at radius 1 is 1.31 bits per heavy atom. The minimum atomic E-state index is -0.0771. The molecule has 0 aliphatic carbocycles. The first-order valence-corrected chi connectivity index (χ1v) is 8.62. The van der Waals surface area contributed by atoms with Crippen molar-refractivity contribution in [2.75, 3.05) is 6.54 Å². The van der Waals surface area contributed by atoms with Gasteiger partial charge in [0.1, 0.15) is 17.3 Å². The predicted molar refractivity (Wildman–Crippen MR) is 93.3 cm³/mol. The molecule has 1 aliphatic rings. The van der Waals surface area contributed by atoms with Crippen LogP contribution in [0.2, 0.25) is 0 Å². The molecule has 8 nitrogen and oxygen atoms in total. The number of hydrogen-bond donors (Lipinski definition) is 1. The predicted octanol–water partition coefficient (Wildman–Crippen LogP) is 2.76. The molecule has 0 radical (unpaired) electrons. The van der Waals surface area contributed by atoms with Gasteiger partial charge in [0, 0.05) is 6.54 Å². The molecule has 3 aromatic heterocycles. The number of H-pyrrole nitrogens is 1. The van der Waals surface area contributed by atoms with Crippen LogP contribution in [0.1, 0.15) is 52.3 Å². The van der Waals surface area contributed by atoms with Gasteiger partial charge in [-0.3, -0.25) is 4.79 Å². The molecule has 26 heavy (non-hydrogen) atoms. The largest absolute Gasteiger partial charge is 0.361 e. The van der Waals surface area contributed by atoms with Gasteiger partial charge in [-0.1, -0.05) is 5.16 Å². The highest BCUT2D eigenvalue weighted by Crippen LogP contribution is 2.34. The average molecular weight is 352 g/mol. The molecule has 0 saturated carbocycles. The number of amides is 1. The second-order valence-electron chi connectivity index (χ2n) is 6.55. The molecule has 1 N–H and O–H groups in total. The number of aryl methyl sites for hydroxylation is 3. The maximum Gasteiger partial charge on any atom is 0.272 e. The number of aromatic amines is 1. The van der Waals surface area contributed by atoms with Gasteiger partial charge in [-0.25, -0.2) is 15.0 Å². The van der Waals surface area contributed by atoms with Crippen molar-refractivity contribution >= 4 is 5.91 Å². The van der Waals surface area contributed by atoms with Gasteiger partial charge in [0.2, 0.25) is 0 Å². The van der Waals surface area contributed by atoms with Crippen LogP contribution in [-0.4, -0.2) is 42.4 Å². The van der Waals surface area contributed by atoms with E-state index in [1.54, 1.807) is 6.20 Å². The van der Waals surface area contributed by atoms with Crippen molar-refractivity contribution in [3.63, 3.8) is 0 Å². The van der Waals surface area contributed by atoms with Crippen LogP contribution in [0.15, 0.2) is 23.1 Å². The molecule has 4 heterocycles. The number of carbonyl (C=O) groups excluding carboxylic acids is 1. The molecule has 0 bridgehead atoms. The van der Waals surface area contributed by atoms with Crippen molar-refractivity contribution in [3.8, 4) is 11.3 Å². The Balaban J connectivity index is 1.72. The van der Waals surface area contributed by atoms with Gasteiger partial charge in [0.15, 0.2) is 0 Å². The van der Waals surface area contributed by atoms with E-state index in [4.69, 9.17) is 4.52 Å². The summed E-state index contributed by atoms with van der Waals surface area (Å²) in [7, 11) is 0. The van der Waals surface area contributed by atoms with E-state index in [0.29, 0.717) is 18.1 Å². The Labute approximate surface area is 150 Å². The van der Waals surface area contributed by atoms with Crippen LogP contribution in [-0.2, 0) is 0 Å². The summed E-state index contributed by atoms with van der Waals surface area (Å²) < 4.78 is 5.28. The highest BCUT2D eigenvalue weighted by Gasteiger charge is 2.33. The zero-order chi connectivity index (χ0) is 18.3. The Bertz CT molecular complexity index is 927. The summed E-state index contributed by atoms with van der Waals surface area (Å²) in [5.41, 5.74) is 3.81. The van der Waals surface area contributed by atoms with Gasteiger partial charge < -0.3 is 14.4 Å². The Morgan fingerprint density at radius 2 is 2.15 bits per heavy atom. The molecule has 134 valence electrons. The molecule has 1 aliphatic heterocycles. The van der Waals surface area contributed by atoms with E-state index < -0.39 is 0 Å². The second kappa shape index (κ2) is 6.36. The minimum Gasteiger partial charge on any atom is -0.361 e. The van der Waals surface area contributed by atoms with E-state index in [2.05, 4.69) is 25.1 Å². The van der Waals surface area contributed by atoms with Crippen molar-refractivity contribution in [1.29, 1.82) is 0 Å². The van der Waals surface area contributed by atoms with E-state index in [0.717, 1.165) is 41.2 Å². The fourth-order valence-corrected chi connectivity index (χ4v) is 3.58. The lowest BCUT2D eigenvalue weighted by atomic mass is 10.1. The highest BCUT2D eigenvalue weighted by molar-refractivity contribution is 5.92. The molecule has 0 aromatic carbocycles. The van der Waals surface area contributed by atoms with Crippen molar-refractivity contribution in [1.82, 2.24) is 30.0 Å². The van der Waals surface area contributed by atoms with Crippen molar-refractivity contribution in [2.45, 2.75) is 39.7 Å². The number of hydrogen-bond acceptors (Lipinski definition) is 6. The summed E-state index contributed by atoms with van der Waals surface area (Å²) in [6.07, 6.45) is 4.88. The van der Waals surface area contributed by atoms with E-state index in [-0.39, 0.29) is 11.9 Å². The molecule has 8 heteroatoms. The average Bonchev–Trinajstić information content (AvgIpc) is 3.35. The van der Waals surface area contributed by atoms with Gasteiger partial charge in [-0.15, -0.1) is 0 Å². The molecule has 1 atom stereocenters. The first kappa shape index (κ1) is 16.4. The molecule has 0 unspecified atom stereocenters. The summed E-state index contributed by atoms with van der Waals surface area (Å²) >= 11 is 0. The molecule has 3 aromatic rings. The summed E-state index contributed by atoms with van der Waals surface area (Å²) in [4.78, 5) is 30.7. The smallest absolute Gasteiger partial charge is 0.272 e. The third kappa shape index (κ3) is 2.77. The summed E-state index contributed by atoms with van der Waals surface area (Å²) in [6.45, 7) is 6.33. The molecule has 1 fully saturated rings. The summed E-state index contributed by atoms with van der Waals surface area (Å²) in [5.74, 6) is 1.34. The minimum absolute atomic E-state index is 0.0554. The second-order valence-corrected chi connectivity index (χ2v) is 6.55. The van der Waals surface area contributed by atoms with E-state index in [1.165, 1.54) is 6.33 Å². The van der Waals surface area contributed by atoms with Crippen molar-refractivity contribution in [2.24, 2.45) is 0 Å². The Kier molecular flexibility index (Phi) is 4.02. The molecule has 1 amide bonds. The van der Waals surface area contributed by atoms with Gasteiger partial charge in [0.25, 0.3) is 5.91 Å². The molecule has 4 rings (SSSR count). The van der Waals surface area contributed by atoms with Gasteiger partial charge in [-0.2, -0.15) is 0 Å². The Hall–Kier alpha value is -3.03. The van der Waals surface area contributed by atoms with Gasteiger partial charge in [-0.05, 0) is 39.7 Å². The van der Waals surface area contributed by atoms with Gasteiger partial charge >= 0.3 is 0 Å². The maximum atomic E-state index is 12.8. The van der Waals surface area contributed by atoms with Crippen LogP contribution in [0, 0.1) is 20.8 Å². The molecule has 1 saturated heterocycles. The molecular formula is C18H20N6O2. The van der Waals surface area contributed by atoms with Crippen LogP contribution < -0.4 is 0 Å². The van der Waals surface area contributed by atoms with Gasteiger partial charge in [0.05, 0.1) is 41.2 Å². The zero-order valence-corrected chi connectivity index (χ0v) is 15.0. The standard InChI is InChI=1S/C18H20N6O2/c1-10-17(11(2)26-23-10)14-7-13(21-12(3)22-14)16-5-4-6-24(16)18(25)15-8-19-9-20-15/h7-9,16H,4-6H2,1-3H3,(H,19,20)/t16-/m0/s1. The maximum absolute atomic E-state index is 12.8. The van der Waals surface area contributed by atoms with E-state index in [9.17, 15) is 4.79 Å². The number of rotatable bonds is 3. The SMILES string of the molecule is Cc1nc(-c2c(C)noc2C)cc([C@@H]2CCCN2C(=O)c2cnc[nH]2)n1. The van der Waals surface area contributed by atoms with E-state index in [1.807, 2.05) is 31.7 Å². The van der Waals surface area contributed by atoms with Crippen LogP contribution in [0.25, 0.3) is 11.3 Å². The number of nitrogens with zero attached hydrogens (tertiary/aromatic N) is 5. The van der Waals surface area contributed by atoms with Crippen molar-refractivity contribution in [3.05, 3.63) is 47.3 Å². The Morgan fingerprint density at radius 3 is 2.85 bits per heavy atom. The van der Waals surface area contributed by atoms with E-state index >= 15 is 0 Å². The third-order valence-corrected chi connectivity index (χ3v) is 4.73. The fourth-order valence-electron chi connectivity index (χ4n) is 3.58. The molecule has 0 spiro atoms. The normalized spacial score (nSPS) is 17.0. The topological polar surface area (TPSA) is 101 Å². The third-order valence-electron chi connectivity index (χ3n) is 4.73. The first-order valence-electron chi connectivity index (χ1n) is 8.62. The highest BCUT2D eigenvalue weighted by atomic mass is 16.5. The lowest BCUT2D eigenvalue weighted by Gasteiger charge is -2.24. The first-order chi connectivity index (χ1) is 12.5. The monoisotopic (exact) mass is 352 g/mol. The van der Waals surface area contributed by atoms with Crippen LogP contribution in [0.5, 0.6) is 0 Å². The van der Waals surface area contributed by atoms with Crippen molar-refractivity contribution < 1.29 is 9.32 Å². The van der Waals surface area contributed by atoms with Crippen LogP contribution in [0.4, 0.5) is 0 Å². The zero-order valence-electron chi connectivity index (χ0n) is 15.0. The van der Waals surface area contributed by atoms with Crippen LogP contribution in [0.3, 0.4) is 0 Å². The van der Waals surface area contributed by atoms with Crippen LogP contribution >= 0.6 is 0 Å². The fraction of sp³-hybridized carbons (Fsp3) is 0.389. The summed E-state index contributed by atoms with van der Waals surface area (Å²) in [5, 5.41) is 4.02. The number of nitrogens with one attached hydrogen (secondary N) is 1. The lowest BCUT2D eigenvalue weighted by molar-refractivity contribution is 0.0727. The lowest BCUT2D eigenvalue weighted by Crippen LogP contribution is -2.31.